The number of hydrogen-bond donors (Lipinski definition) is 2. The SMILES string of the molecule is COC(=O)c1ccc(C)c(N=Cc2c(O)n(-c3ccc(F)c(Cl)c3)c(=S)[nH]c2=O)c1. The van der Waals surface area contributed by atoms with Crippen LogP contribution in [0.2, 0.25) is 5.02 Å². The number of methoxy groups -OCH3 is 1. The van der Waals surface area contributed by atoms with Crippen LogP contribution in [0.15, 0.2) is 46.2 Å². The summed E-state index contributed by atoms with van der Waals surface area (Å²) in [6.07, 6.45) is 1.15. The van der Waals surface area contributed by atoms with Gasteiger partial charge in [0.05, 0.1) is 29.1 Å². The van der Waals surface area contributed by atoms with Crippen LogP contribution < -0.4 is 5.56 Å². The average Bonchev–Trinajstić information content (AvgIpc) is 2.70. The standard InChI is InChI=1S/C20H15ClFN3O4S/c1-10-3-4-11(19(28)29-2)7-16(10)23-9-13-17(26)24-20(30)25(18(13)27)12-5-6-15(22)14(21)8-12/h3-9,27H,1-2H3,(H,24,26,30). The molecular weight excluding hydrogens is 433 g/mol. The van der Waals surface area contributed by atoms with Gasteiger partial charge in [-0.25, -0.2) is 9.18 Å². The minimum Gasteiger partial charge on any atom is -0.494 e. The van der Waals surface area contributed by atoms with E-state index in [2.05, 4.69) is 14.7 Å². The van der Waals surface area contributed by atoms with Gasteiger partial charge in [-0.1, -0.05) is 17.7 Å². The molecule has 0 bridgehead atoms. The molecule has 1 aromatic heterocycles. The van der Waals surface area contributed by atoms with Crippen molar-refractivity contribution in [2.45, 2.75) is 6.92 Å². The highest BCUT2D eigenvalue weighted by Crippen LogP contribution is 2.25. The predicted molar refractivity (Wildman–Crippen MR) is 114 cm³/mol. The molecule has 154 valence electrons. The Labute approximate surface area is 180 Å². The number of H-pyrrole nitrogens is 1. The van der Waals surface area contributed by atoms with Gasteiger partial charge in [0, 0.05) is 6.21 Å². The van der Waals surface area contributed by atoms with Crippen molar-refractivity contribution in [3.05, 3.63) is 79.1 Å². The number of aromatic amines is 1. The summed E-state index contributed by atoms with van der Waals surface area (Å²) in [6, 6.07) is 8.48. The van der Waals surface area contributed by atoms with Crippen LogP contribution in [-0.2, 0) is 4.74 Å². The number of carbonyl (C=O) groups is 1. The maximum absolute atomic E-state index is 13.5. The van der Waals surface area contributed by atoms with E-state index in [4.69, 9.17) is 23.8 Å². The Morgan fingerprint density at radius 2 is 2.07 bits per heavy atom. The Balaban J connectivity index is 2.12. The lowest BCUT2D eigenvalue weighted by Crippen LogP contribution is -2.18. The molecule has 0 saturated carbocycles. The number of benzene rings is 2. The monoisotopic (exact) mass is 447 g/mol. The van der Waals surface area contributed by atoms with Gasteiger partial charge in [-0.2, -0.15) is 0 Å². The molecule has 1 heterocycles. The van der Waals surface area contributed by atoms with Crippen LogP contribution in [0, 0.1) is 17.5 Å². The molecule has 7 nitrogen and oxygen atoms in total. The number of aromatic hydroxyl groups is 1. The second kappa shape index (κ2) is 8.60. The number of nitrogens with zero attached hydrogens (tertiary/aromatic N) is 2. The van der Waals surface area contributed by atoms with Gasteiger partial charge in [-0.05, 0) is 55.0 Å². The summed E-state index contributed by atoms with van der Waals surface area (Å²) < 4.78 is 19.2. The molecular formula is C20H15ClFN3O4S. The Morgan fingerprint density at radius 3 is 2.73 bits per heavy atom. The number of nitrogens with one attached hydrogen (secondary N) is 1. The van der Waals surface area contributed by atoms with Gasteiger partial charge in [0.15, 0.2) is 4.77 Å². The largest absolute Gasteiger partial charge is 0.494 e. The van der Waals surface area contributed by atoms with Crippen LogP contribution in [-0.4, -0.2) is 34.0 Å². The first kappa shape index (κ1) is 21.4. The molecule has 0 amide bonds. The Bertz CT molecular complexity index is 1300. The van der Waals surface area contributed by atoms with E-state index in [-0.39, 0.29) is 26.6 Å². The summed E-state index contributed by atoms with van der Waals surface area (Å²) >= 11 is 10.9. The third kappa shape index (κ3) is 4.17. The molecule has 10 heteroatoms. The number of esters is 1. The second-order valence-corrected chi connectivity index (χ2v) is 6.98. The molecule has 3 rings (SSSR count). The molecule has 0 spiro atoms. The average molecular weight is 448 g/mol. The number of aliphatic imine (C=N–C) groups is 1. The quantitative estimate of drug-likeness (QED) is 0.354. The van der Waals surface area contributed by atoms with Crippen molar-refractivity contribution in [1.29, 1.82) is 0 Å². The second-order valence-electron chi connectivity index (χ2n) is 6.18. The molecule has 0 aliphatic carbocycles. The van der Waals surface area contributed by atoms with Gasteiger partial charge < -0.3 is 9.84 Å². The fourth-order valence-corrected chi connectivity index (χ4v) is 3.11. The molecule has 2 N–H and O–H groups in total. The van der Waals surface area contributed by atoms with Crippen molar-refractivity contribution in [3.8, 4) is 11.6 Å². The highest BCUT2D eigenvalue weighted by atomic mass is 35.5. The molecule has 0 saturated heterocycles. The van der Waals surface area contributed by atoms with Crippen molar-refractivity contribution in [3.63, 3.8) is 0 Å². The number of ether oxygens (including phenoxy) is 1. The normalized spacial score (nSPS) is 11.1. The Morgan fingerprint density at radius 1 is 1.33 bits per heavy atom. The molecule has 0 aliphatic rings. The van der Waals surface area contributed by atoms with Crippen molar-refractivity contribution in [1.82, 2.24) is 9.55 Å². The number of halogens is 2. The fraction of sp³-hybridized carbons (Fsp3) is 0.100. The Kier molecular flexibility index (Phi) is 6.14. The maximum Gasteiger partial charge on any atom is 0.337 e. The zero-order valence-corrected chi connectivity index (χ0v) is 17.3. The lowest BCUT2D eigenvalue weighted by Gasteiger charge is -2.11. The summed E-state index contributed by atoms with van der Waals surface area (Å²) in [6.45, 7) is 1.77. The van der Waals surface area contributed by atoms with Gasteiger partial charge in [0.1, 0.15) is 11.4 Å². The molecule has 2 aromatic carbocycles. The van der Waals surface area contributed by atoms with E-state index < -0.39 is 23.2 Å². The third-order valence-electron chi connectivity index (χ3n) is 4.25. The minimum absolute atomic E-state index is 0.110. The highest BCUT2D eigenvalue weighted by Gasteiger charge is 2.14. The van der Waals surface area contributed by atoms with Crippen LogP contribution in [0.5, 0.6) is 5.88 Å². The lowest BCUT2D eigenvalue weighted by atomic mass is 10.1. The van der Waals surface area contributed by atoms with Crippen LogP contribution in [0.4, 0.5) is 10.1 Å². The van der Waals surface area contributed by atoms with E-state index in [1.165, 1.54) is 25.3 Å². The summed E-state index contributed by atoms with van der Waals surface area (Å²) in [5.74, 6) is -1.68. The molecule has 0 atom stereocenters. The number of rotatable bonds is 4. The molecule has 0 radical (unpaired) electrons. The number of hydrogen-bond acceptors (Lipinski definition) is 6. The van der Waals surface area contributed by atoms with E-state index in [1.54, 1.807) is 19.1 Å². The number of aryl methyl sites for hydroxylation is 1. The Hall–Kier alpha value is -3.30. The minimum atomic E-state index is -0.674. The van der Waals surface area contributed by atoms with E-state index >= 15 is 0 Å². The molecule has 3 aromatic rings. The first-order valence-electron chi connectivity index (χ1n) is 8.49. The third-order valence-corrected chi connectivity index (χ3v) is 4.82. The van der Waals surface area contributed by atoms with Crippen molar-refractivity contribution in [2.75, 3.05) is 7.11 Å². The molecule has 30 heavy (non-hydrogen) atoms. The fourth-order valence-electron chi connectivity index (χ4n) is 2.65. The zero-order chi connectivity index (χ0) is 22.0. The van der Waals surface area contributed by atoms with E-state index in [0.717, 1.165) is 22.4 Å². The van der Waals surface area contributed by atoms with Crippen LogP contribution in [0.25, 0.3) is 5.69 Å². The van der Waals surface area contributed by atoms with E-state index in [0.29, 0.717) is 5.69 Å². The highest BCUT2D eigenvalue weighted by molar-refractivity contribution is 7.71. The van der Waals surface area contributed by atoms with Crippen molar-refractivity contribution in [2.24, 2.45) is 4.99 Å². The number of carbonyl (C=O) groups excluding carboxylic acids is 1. The first-order chi connectivity index (χ1) is 14.2. The first-order valence-corrected chi connectivity index (χ1v) is 9.28. The van der Waals surface area contributed by atoms with Gasteiger partial charge >= 0.3 is 5.97 Å². The van der Waals surface area contributed by atoms with Crippen LogP contribution in [0.1, 0.15) is 21.5 Å². The zero-order valence-electron chi connectivity index (χ0n) is 15.8. The molecule has 0 aliphatic heterocycles. The predicted octanol–water partition coefficient (Wildman–Crippen LogP) is 4.24. The molecule has 0 fully saturated rings. The van der Waals surface area contributed by atoms with Gasteiger partial charge in [-0.15, -0.1) is 0 Å². The van der Waals surface area contributed by atoms with E-state index in [1.807, 2.05) is 0 Å². The molecule has 0 unspecified atom stereocenters. The topological polar surface area (TPSA) is 96.7 Å². The van der Waals surface area contributed by atoms with Gasteiger partial charge in [0.2, 0.25) is 5.88 Å². The van der Waals surface area contributed by atoms with Crippen molar-refractivity contribution < 1.29 is 19.0 Å². The van der Waals surface area contributed by atoms with Gasteiger partial charge in [-0.3, -0.25) is 19.3 Å². The summed E-state index contributed by atoms with van der Waals surface area (Å²) in [5.41, 5.74) is 0.798. The smallest absolute Gasteiger partial charge is 0.337 e. The van der Waals surface area contributed by atoms with Gasteiger partial charge in [0.25, 0.3) is 5.56 Å². The summed E-state index contributed by atoms with van der Waals surface area (Å²) in [5, 5.41) is 10.5. The van der Waals surface area contributed by atoms with E-state index in [9.17, 15) is 19.1 Å². The summed E-state index contributed by atoms with van der Waals surface area (Å²) in [4.78, 5) is 30.7. The number of aromatic nitrogens is 2. The summed E-state index contributed by atoms with van der Waals surface area (Å²) in [7, 11) is 1.26. The van der Waals surface area contributed by atoms with Crippen LogP contribution >= 0.6 is 23.8 Å². The lowest BCUT2D eigenvalue weighted by molar-refractivity contribution is 0.0600. The van der Waals surface area contributed by atoms with Crippen LogP contribution in [0.3, 0.4) is 0 Å². The maximum atomic E-state index is 13.5. The van der Waals surface area contributed by atoms with Crippen molar-refractivity contribution >= 4 is 41.7 Å².